The Morgan fingerprint density at radius 2 is 1.86 bits per heavy atom. The second kappa shape index (κ2) is 12.4. The van der Waals surface area contributed by atoms with Crippen LogP contribution in [0.5, 0.6) is 0 Å². The van der Waals surface area contributed by atoms with Gasteiger partial charge in [-0.05, 0) is 47.4 Å². The van der Waals surface area contributed by atoms with Crippen LogP contribution in [0.1, 0.15) is 27.0 Å². The molecule has 1 amide bonds. The summed E-state index contributed by atoms with van der Waals surface area (Å²) in [7, 11) is 1.57. The largest absolute Gasteiger partial charge is 0.462 e. The molecule has 0 saturated carbocycles. The first kappa shape index (κ1) is 24.8. The van der Waals surface area contributed by atoms with Crippen LogP contribution in [0.3, 0.4) is 0 Å². The van der Waals surface area contributed by atoms with Gasteiger partial charge in [0.15, 0.2) is 0 Å². The topological polar surface area (TPSA) is 92.7 Å². The summed E-state index contributed by atoms with van der Waals surface area (Å²) in [5.74, 6) is -0.426. The smallest absolute Gasteiger partial charge is 0.320 e. The van der Waals surface area contributed by atoms with Crippen molar-refractivity contribution >= 4 is 23.8 Å². The van der Waals surface area contributed by atoms with E-state index in [0.717, 1.165) is 42.9 Å². The van der Waals surface area contributed by atoms with E-state index in [-0.39, 0.29) is 25.0 Å². The molecule has 2 aliphatic heterocycles. The van der Waals surface area contributed by atoms with Gasteiger partial charge in [0, 0.05) is 31.5 Å². The van der Waals surface area contributed by atoms with Crippen molar-refractivity contribution in [3.63, 3.8) is 0 Å². The zero-order valence-corrected chi connectivity index (χ0v) is 20.1. The fourth-order valence-electron chi connectivity index (χ4n) is 4.04. The van der Waals surface area contributed by atoms with Crippen molar-refractivity contribution in [1.82, 2.24) is 9.91 Å². The van der Waals surface area contributed by atoms with Gasteiger partial charge in [0.1, 0.15) is 6.61 Å². The fraction of sp³-hybridized carbons (Fsp3) is 0.423. The number of rotatable bonds is 9. The number of carbonyl (C=O) groups excluding carboxylic acids is 2. The lowest BCUT2D eigenvalue weighted by atomic mass is 9.99. The van der Waals surface area contributed by atoms with Gasteiger partial charge in [-0.25, -0.2) is 0 Å². The Kier molecular flexibility index (Phi) is 8.83. The van der Waals surface area contributed by atoms with Crippen LogP contribution in [0.2, 0.25) is 0 Å². The molecule has 0 aliphatic carbocycles. The van der Waals surface area contributed by atoms with Crippen molar-refractivity contribution in [2.75, 3.05) is 65.0 Å². The van der Waals surface area contributed by atoms with Crippen molar-refractivity contribution in [3.05, 3.63) is 64.7 Å². The Hall–Kier alpha value is -3.27. The van der Waals surface area contributed by atoms with E-state index >= 15 is 0 Å². The molecule has 2 aliphatic rings. The second-order valence-corrected chi connectivity index (χ2v) is 8.54. The van der Waals surface area contributed by atoms with E-state index in [9.17, 15) is 9.59 Å². The number of carbonyl (C=O) groups is 2. The van der Waals surface area contributed by atoms with Crippen LogP contribution in [0.15, 0.2) is 47.6 Å². The van der Waals surface area contributed by atoms with Gasteiger partial charge < -0.3 is 19.5 Å². The molecule has 9 nitrogen and oxygen atoms in total. The summed E-state index contributed by atoms with van der Waals surface area (Å²) in [6, 6.07) is 13.3. The normalized spacial score (nSPS) is 16.2. The van der Waals surface area contributed by atoms with Crippen LogP contribution in [0.4, 0.5) is 5.69 Å². The van der Waals surface area contributed by atoms with Gasteiger partial charge in [-0.15, -0.1) is 0 Å². The summed E-state index contributed by atoms with van der Waals surface area (Å²) in [4.78, 5) is 26.9. The number of morpholine rings is 1. The third-order valence-corrected chi connectivity index (χ3v) is 5.99. The highest BCUT2D eigenvalue weighted by molar-refractivity contribution is 6.04. The molecule has 1 saturated heterocycles. The van der Waals surface area contributed by atoms with E-state index in [0.29, 0.717) is 31.9 Å². The number of hydrogen-bond acceptors (Lipinski definition) is 8. The number of methoxy groups -OCH3 is 1. The molecule has 1 N–H and O–H groups in total. The molecule has 2 aromatic rings. The Morgan fingerprint density at radius 1 is 1.06 bits per heavy atom. The number of anilines is 1. The van der Waals surface area contributed by atoms with E-state index in [4.69, 9.17) is 14.2 Å². The zero-order valence-electron chi connectivity index (χ0n) is 20.1. The second-order valence-electron chi connectivity index (χ2n) is 8.54. The van der Waals surface area contributed by atoms with E-state index < -0.39 is 0 Å². The first-order valence-corrected chi connectivity index (χ1v) is 11.9. The maximum absolute atomic E-state index is 12.8. The molecule has 1 fully saturated rings. The molecule has 35 heavy (non-hydrogen) atoms. The van der Waals surface area contributed by atoms with Crippen molar-refractivity contribution in [2.24, 2.45) is 5.10 Å². The van der Waals surface area contributed by atoms with Crippen LogP contribution in [0, 0.1) is 0 Å². The summed E-state index contributed by atoms with van der Waals surface area (Å²) in [5, 5.41) is 9.43. The number of nitrogens with zero attached hydrogens (tertiary/aromatic N) is 3. The van der Waals surface area contributed by atoms with Crippen LogP contribution in [-0.4, -0.2) is 87.7 Å². The minimum atomic E-state index is -0.256. The third-order valence-electron chi connectivity index (χ3n) is 5.99. The molecule has 0 atom stereocenters. The highest BCUT2D eigenvalue weighted by Crippen LogP contribution is 2.23. The van der Waals surface area contributed by atoms with Crippen molar-refractivity contribution < 1.29 is 23.8 Å². The maximum atomic E-state index is 12.8. The van der Waals surface area contributed by atoms with Gasteiger partial charge in [-0.3, -0.25) is 19.5 Å². The SMILES string of the molecule is COCCOC(=O)CN1CCc2ccc(NC(=O)c3ccc(/C=N/N4CCOCC4)cc3)cc2C1. The van der Waals surface area contributed by atoms with Crippen molar-refractivity contribution in [2.45, 2.75) is 13.0 Å². The van der Waals surface area contributed by atoms with E-state index in [2.05, 4.69) is 15.3 Å². The highest BCUT2D eigenvalue weighted by atomic mass is 16.6. The van der Waals surface area contributed by atoms with Crippen molar-refractivity contribution in [3.8, 4) is 0 Å². The Labute approximate surface area is 205 Å². The van der Waals surface area contributed by atoms with Gasteiger partial charge in [0.2, 0.25) is 0 Å². The molecule has 2 aromatic carbocycles. The molecule has 0 aromatic heterocycles. The Morgan fingerprint density at radius 3 is 2.63 bits per heavy atom. The van der Waals surface area contributed by atoms with E-state index in [1.54, 1.807) is 25.5 Å². The predicted octanol–water partition coefficient (Wildman–Crippen LogP) is 2.15. The molecular formula is C26H32N4O5. The lowest BCUT2D eigenvalue weighted by Crippen LogP contribution is -2.35. The number of amides is 1. The van der Waals surface area contributed by atoms with Crippen LogP contribution < -0.4 is 5.32 Å². The molecule has 0 radical (unpaired) electrons. The summed E-state index contributed by atoms with van der Waals surface area (Å²) >= 11 is 0. The Bertz CT molecular complexity index is 1030. The monoisotopic (exact) mass is 480 g/mol. The van der Waals surface area contributed by atoms with Crippen molar-refractivity contribution in [1.29, 1.82) is 0 Å². The molecule has 9 heteroatoms. The van der Waals surface area contributed by atoms with E-state index in [1.807, 2.05) is 35.3 Å². The number of ether oxygens (including phenoxy) is 3. The number of esters is 1. The number of fused-ring (bicyclic) bond motifs is 1. The van der Waals surface area contributed by atoms with Crippen LogP contribution in [-0.2, 0) is 32.0 Å². The first-order valence-electron chi connectivity index (χ1n) is 11.9. The molecule has 186 valence electrons. The lowest BCUT2D eigenvalue weighted by Gasteiger charge is -2.28. The average Bonchev–Trinajstić information content (AvgIpc) is 2.88. The third kappa shape index (κ3) is 7.35. The fourth-order valence-corrected chi connectivity index (χ4v) is 4.04. The van der Waals surface area contributed by atoms with Gasteiger partial charge >= 0.3 is 5.97 Å². The first-order chi connectivity index (χ1) is 17.1. The lowest BCUT2D eigenvalue weighted by molar-refractivity contribution is -0.146. The van der Waals surface area contributed by atoms with Gasteiger partial charge in [-0.1, -0.05) is 18.2 Å². The molecular weight excluding hydrogens is 448 g/mol. The van der Waals surface area contributed by atoms with Crippen LogP contribution >= 0.6 is 0 Å². The van der Waals surface area contributed by atoms with Gasteiger partial charge in [-0.2, -0.15) is 5.10 Å². The molecule has 2 heterocycles. The number of hydrogen-bond donors (Lipinski definition) is 1. The predicted molar refractivity (Wildman–Crippen MR) is 133 cm³/mol. The Balaban J connectivity index is 1.31. The number of benzene rings is 2. The molecule has 4 rings (SSSR count). The zero-order chi connectivity index (χ0) is 24.5. The van der Waals surface area contributed by atoms with Gasteiger partial charge in [0.25, 0.3) is 5.91 Å². The highest BCUT2D eigenvalue weighted by Gasteiger charge is 2.20. The average molecular weight is 481 g/mol. The quantitative estimate of drug-likeness (QED) is 0.334. The summed E-state index contributed by atoms with van der Waals surface area (Å²) in [6.45, 7) is 5.27. The van der Waals surface area contributed by atoms with Crippen LogP contribution in [0.25, 0.3) is 0 Å². The summed E-state index contributed by atoms with van der Waals surface area (Å²) < 4.78 is 15.4. The minimum absolute atomic E-state index is 0.170. The standard InChI is InChI=1S/C26H32N4O5/c1-33-14-15-35-25(31)19-29-9-8-21-6-7-24(16-23(21)18-29)28-26(32)22-4-2-20(3-5-22)17-27-30-10-12-34-13-11-30/h2-7,16-17H,8-15,18-19H2,1H3,(H,28,32)/b27-17+. The molecule has 0 spiro atoms. The summed E-state index contributed by atoms with van der Waals surface area (Å²) in [5.41, 5.74) is 4.58. The number of nitrogens with one attached hydrogen (secondary N) is 1. The minimum Gasteiger partial charge on any atom is -0.462 e. The molecule has 0 unspecified atom stereocenters. The molecule has 0 bridgehead atoms. The maximum Gasteiger partial charge on any atom is 0.320 e. The van der Waals surface area contributed by atoms with Gasteiger partial charge in [0.05, 0.1) is 45.7 Å². The number of hydrazone groups is 1. The van der Waals surface area contributed by atoms with E-state index in [1.165, 1.54) is 5.56 Å². The summed E-state index contributed by atoms with van der Waals surface area (Å²) in [6.07, 6.45) is 2.65.